The van der Waals surface area contributed by atoms with Crippen molar-refractivity contribution in [3.63, 3.8) is 0 Å². The third kappa shape index (κ3) is 4.77. The first-order valence-corrected chi connectivity index (χ1v) is 3.95. The molecule has 0 spiro atoms. The molecular formula is C8H18O2. The average molecular weight is 146 g/mol. The minimum Gasteiger partial charge on any atom is -0.385 e. The smallest absolute Gasteiger partial charge is 0.0594 e. The molecule has 0 saturated carbocycles. The summed E-state index contributed by atoms with van der Waals surface area (Å²) in [6.07, 6.45) is 2.49. The van der Waals surface area contributed by atoms with Crippen LogP contribution < -0.4 is 0 Å². The third-order valence-corrected chi connectivity index (χ3v) is 1.50. The maximum absolute atomic E-state index is 5.41. The summed E-state index contributed by atoms with van der Waals surface area (Å²) >= 11 is 0. The highest BCUT2D eigenvalue weighted by Crippen LogP contribution is 2.02. The van der Waals surface area contributed by atoms with Gasteiger partial charge in [-0.3, -0.25) is 0 Å². The van der Waals surface area contributed by atoms with Crippen molar-refractivity contribution >= 4 is 0 Å². The van der Waals surface area contributed by atoms with Crippen molar-refractivity contribution in [3.05, 3.63) is 0 Å². The predicted molar refractivity (Wildman–Crippen MR) is 42.2 cm³/mol. The fourth-order valence-corrected chi connectivity index (χ4v) is 0.890. The molecule has 0 bridgehead atoms. The van der Waals surface area contributed by atoms with E-state index in [4.69, 9.17) is 9.47 Å². The van der Waals surface area contributed by atoms with E-state index >= 15 is 0 Å². The number of hydrogen-bond acceptors (Lipinski definition) is 2. The normalized spacial score (nSPS) is 13.5. The lowest BCUT2D eigenvalue weighted by molar-refractivity contribution is 0.0347. The molecule has 0 aliphatic heterocycles. The second-order valence-corrected chi connectivity index (χ2v) is 2.27. The van der Waals surface area contributed by atoms with Crippen LogP contribution in [0.4, 0.5) is 0 Å². The van der Waals surface area contributed by atoms with E-state index < -0.39 is 0 Å². The summed E-state index contributed by atoms with van der Waals surface area (Å²) in [5.41, 5.74) is 0. The van der Waals surface area contributed by atoms with Crippen molar-refractivity contribution in [2.75, 3.05) is 20.3 Å². The van der Waals surface area contributed by atoms with Gasteiger partial charge in [-0.15, -0.1) is 0 Å². The van der Waals surface area contributed by atoms with Gasteiger partial charge in [-0.25, -0.2) is 0 Å². The van der Waals surface area contributed by atoms with Gasteiger partial charge in [0.2, 0.25) is 0 Å². The Morgan fingerprint density at radius 3 is 2.40 bits per heavy atom. The molecule has 1 unspecified atom stereocenters. The Morgan fingerprint density at radius 2 is 2.00 bits per heavy atom. The Hall–Kier alpha value is -0.0800. The minimum absolute atomic E-state index is 0.393. The molecule has 10 heavy (non-hydrogen) atoms. The Morgan fingerprint density at radius 1 is 1.30 bits per heavy atom. The molecule has 2 nitrogen and oxygen atoms in total. The van der Waals surface area contributed by atoms with Gasteiger partial charge in [-0.05, 0) is 19.8 Å². The zero-order chi connectivity index (χ0) is 7.82. The molecule has 0 heterocycles. The molecule has 0 fully saturated rings. The van der Waals surface area contributed by atoms with E-state index in [1.807, 2.05) is 6.92 Å². The van der Waals surface area contributed by atoms with Crippen LogP contribution in [0.25, 0.3) is 0 Å². The number of hydrogen-bond donors (Lipinski definition) is 0. The monoisotopic (exact) mass is 146 g/mol. The predicted octanol–water partition coefficient (Wildman–Crippen LogP) is 1.84. The van der Waals surface area contributed by atoms with Crippen LogP contribution in [0, 0.1) is 0 Å². The second kappa shape index (κ2) is 7.03. The Bertz CT molecular complexity index is 64.3. The molecule has 62 valence electrons. The molecule has 0 amide bonds. The standard InChI is InChI=1S/C8H18O2/c1-4-8(10-5-2)6-7-9-3/h8H,4-7H2,1-3H3. The lowest BCUT2D eigenvalue weighted by Gasteiger charge is -2.13. The Balaban J connectivity index is 3.21. The average Bonchev–Trinajstić information content (AvgIpc) is 1.98. The SMILES string of the molecule is CCOC(CC)CCOC. The highest BCUT2D eigenvalue weighted by molar-refractivity contribution is 4.53. The molecular weight excluding hydrogens is 128 g/mol. The van der Waals surface area contributed by atoms with Crippen molar-refractivity contribution < 1.29 is 9.47 Å². The van der Waals surface area contributed by atoms with Gasteiger partial charge < -0.3 is 9.47 Å². The molecule has 0 aromatic heterocycles. The van der Waals surface area contributed by atoms with Crippen LogP contribution in [0.15, 0.2) is 0 Å². The van der Waals surface area contributed by atoms with Gasteiger partial charge in [0.1, 0.15) is 0 Å². The van der Waals surface area contributed by atoms with Gasteiger partial charge >= 0.3 is 0 Å². The van der Waals surface area contributed by atoms with E-state index in [0.717, 1.165) is 26.1 Å². The molecule has 2 heteroatoms. The molecule has 0 N–H and O–H groups in total. The van der Waals surface area contributed by atoms with Crippen molar-refractivity contribution in [2.45, 2.75) is 32.8 Å². The molecule has 0 rings (SSSR count). The quantitative estimate of drug-likeness (QED) is 0.569. The van der Waals surface area contributed by atoms with Gasteiger partial charge in [0.05, 0.1) is 6.10 Å². The van der Waals surface area contributed by atoms with E-state index in [-0.39, 0.29) is 0 Å². The van der Waals surface area contributed by atoms with E-state index in [1.165, 1.54) is 0 Å². The lowest BCUT2D eigenvalue weighted by atomic mass is 10.2. The maximum atomic E-state index is 5.41. The van der Waals surface area contributed by atoms with Crippen molar-refractivity contribution in [2.24, 2.45) is 0 Å². The first-order valence-electron chi connectivity index (χ1n) is 3.95. The largest absolute Gasteiger partial charge is 0.385 e. The molecule has 0 aliphatic rings. The number of ether oxygens (including phenoxy) is 2. The highest BCUT2D eigenvalue weighted by Gasteiger charge is 2.03. The fraction of sp³-hybridized carbons (Fsp3) is 1.00. The molecule has 0 saturated heterocycles. The second-order valence-electron chi connectivity index (χ2n) is 2.27. The van der Waals surface area contributed by atoms with Crippen LogP contribution in [0.2, 0.25) is 0 Å². The van der Waals surface area contributed by atoms with Gasteiger partial charge in [0, 0.05) is 20.3 Å². The maximum Gasteiger partial charge on any atom is 0.0594 e. The van der Waals surface area contributed by atoms with Gasteiger partial charge in [-0.1, -0.05) is 6.92 Å². The molecule has 0 aromatic rings. The fourth-order valence-electron chi connectivity index (χ4n) is 0.890. The summed E-state index contributed by atoms with van der Waals surface area (Å²) in [5.74, 6) is 0. The highest BCUT2D eigenvalue weighted by atomic mass is 16.5. The van der Waals surface area contributed by atoms with Crippen LogP contribution >= 0.6 is 0 Å². The van der Waals surface area contributed by atoms with E-state index in [0.29, 0.717) is 6.10 Å². The Labute approximate surface area is 63.5 Å². The molecule has 0 aliphatic carbocycles. The van der Waals surface area contributed by atoms with E-state index in [1.54, 1.807) is 7.11 Å². The van der Waals surface area contributed by atoms with E-state index in [2.05, 4.69) is 6.92 Å². The summed E-state index contributed by atoms with van der Waals surface area (Å²) in [4.78, 5) is 0. The summed E-state index contributed by atoms with van der Waals surface area (Å²) in [6.45, 7) is 5.77. The van der Waals surface area contributed by atoms with Crippen LogP contribution in [0.5, 0.6) is 0 Å². The van der Waals surface area contributed by atoms with Crippen molar-refractivity contribution in [1.29, 1.82) is 0 Å². The zero-order valence-corrected chi connectivity index (χ0v) is 7.22. The summed E-state index contributed by atoms with van der Waals surface area (Å²) in [7, 11) is 1.72. The van der Waals surface area contributed by atoms with Gasteiger partial charge in [-0.2, -0.15) is 0 Å². The first-order chi connectivity index (χ1) is 4.85. The molecule has 1 atom stereocenters. The topological polar surface area (TPSA) is 18.5 Å². The van der Waals surface area contributed by atoms with Gasteiger partial charge in [0.15, 0.2) is 0 Å². The Kier molecular flexibility index (Phi) is 6.98. The number of methoxy groups -OCH3 is 1. The van der Waals surface area contributed by atoms with Gasteiger partial charge in [0.25, 0.3) is 0 Å². The van der Waals surface area contributed by atoms with Crippen LogP contribution in [-0.4, -0.2) is 26.4 Å². The van der Waals surface area contributed by atoms with E-state index in [9.17, 15) is 0 Å². The first kappa shape index (κ1) is 9.92. The molecule has 0 radical (unpaired) electrons. The van der Waals surface area contributed by atoms with Crippen molar-refractivity contribution in [3.8, 4) is 0 Å². The summed E-state index contributed by atoms with van der Waals surface area (Å²) in [5, 5.41) is 0. The number of rotatable bonds is 6. The zero-order valence-electron chi connectivity index (χ0n) is 7.22. The van der Waals surface area contributed by atoms with Crippen molar-refractivity contribution in [1.82, 2.24) is 0 Å². The van der Waals surface area contributed by atoms with Crippen LogP contribution in [0.1, 0.15) is 26.7 Å². The summed E-state index contributed by atoms with van der Waals surface area (Å²) in [6, 6.07) is 0. The van der Waals surface area contributed by atoms with Crippen LogP contribution in [0.3, 0.4) is 0 Å². The molecule has 0 aromatic carbocycles. The minimum atomic E-state index is 0.393. The third-order valence-electron chi connectivity index (χ3n) is 1.50. The van der Waals surface area contributed by atoms with Crippen LogP contribution in [-0.2, 0) is 9.47 Å². The lowest BCUT2D eigenvalue weighted by Crippen LogP contribution is -2.13. The summed E-state index contributed by atoms with van der Waals surface area (Å²) < 4.78 is 10.4.